The number of hydrogen-bond donors (Lipinski definition) is 1. The van der Waals surface area contributed by atoms with E-state index in [1.165, 1.54) is 11.8 Å². The highest BCUT2D eigenvalue weighted by Gasteiger charge is 2.13. The first-order chi connectivity index (χ1) is 14.7. The summed E-state index contributed by atoms with van der Waals surface area (Å²) in [5.41, 5.74) is 6.43. The molecule has 150 valence electrons. The molecule has 4 rings (SSSR count). The summed E-state index contributed by atoms with van der Waals surface area (Å²) in [4.78, 5) is 20.9. The highest BCUT2D eigenvalue weighted by Crippen LogP contribution is 2.25. The minimum atomic E-state index is -0.199. The highest BCUT2D eigenvalue weighted by atomic mass is 35.5. The molecule has 1 N–H and O–H groups in total. The molecule has 0 fully saturated rings. The van der Waals surface area contributed by atoms with Crippen molar-refractivity contribution in [3.05, 3.63) is 89.2 Å². The van der Waals surface area contributed by atoms with Crippen LogP contribution in [0.25, 0.3) is 11.0 Å². The molecule has 30 heavy (non-hydrogen) atoms. The molecule has 1 amide bonds. The maximum atomic E-state index is 12.2. The van der Waals surface area contributed by atoms with E-state index in [9.17, 15) is 4.79 Å². The Morgan fingerprint density at radius 1 is 1.10 bits per heavy atom. The van der Waals surface area contributed by atoms with E-state index in [2.05, 4.69) is 20.1 Å². The monoisotopic (exact) mass is 435 g/mol. The van der Waals surface area contributed by atoms with Gasteiger partial charge < -0.3 is 4.57 Å². The number of rotatable bonds is 7. The normalized spacial score (nSPS) is 11.2. The van der Waals surface area contributed by atoms with Crippen molar-refractivity contribution < 1.29 is 4.79 Å². The van der Waals surface area contributed by atoms with Gasteiger partial charge in [-0.25, -0.2) is 10.4 Å². The van der Waals surface area contributed by atoms with Crippen LogP contribution in [0.15, 0.2) is 83.3 Å². The summed E-state index contributed by atoms with van der Waals surface area (Å²) in [6, 6.07) is 19.3. The third-order valence-corrected chi connectivity index (χ3v) is 5.54. The van der Waals surface area contributed by atoms with Crippen LogP contribution in [0.1, 0.15) is 11.1 Å². The van der Waals surface area contributed by atoms with Crippen LogP contribution in [0.5, 0.6) is 0 Å². The van der Waals surface area contributed by atoms with Gasteiger partial charge in [0.05, 0.1) is 29.5 Å². The molecule has 0 aliphatic rings. The van der Waals surface area contributed by atoms with Gasteiger partial charge in [0, 0.05) is 17.4 Å². The zero-order chi connectivity index (χ0) is 20.8. The average Bonchev–Trinajstić information content (AvgIpc) is 3.12. The quantitative estimate of drug-likeness (QED) is 0.266. The molecule has 0 bridgehead atoms. The maximum Gasteiger partial charge on any atom is 0.250 e. The molecule has 2 heterocycles. The van der Waals surface area contributed by atoms with Gasteiger partial charge in [0.15, 0.2) is 5.16 Å². The number of para-hydroxylation sites is 2. The molecule has 0 aliphatic carbocycles. The molecule has 6 nitrogen and oxygen atoms in total. The van der Waals surface area contributed by atoms with Gasteiger partial charge >= 0.3 is 0 Å². The number of nitrogens with zero attached hydrogens (tertiary/aromatic N) is 4. The van der Waals surface area contributed by atoms with Crippen molar-refractivity contribution >= 4 is 46.5 Å². The van der Waals surface area contributed by atoms with Crippen molar-refractivity contribution in [1.29, 1.82) is 0 Å². The zero-order valence-corrected chi connectivity index (χ0v) is 17.5. The lowest BCUT2D eigenvalue weighted by Crippen LogP contribution is -2.20. The SMILES string of the molecule is O=C(CSc1nc2ccccc2n1Cc1ccc(Cl)cc1)N/N=C/c1ccncc1. The fourth-order valence-electron chi connectivity index (χ4n) is 2.88. The van der Waals surface area contributed by atoms with E-state index in [-0.39, 0.29) is 11.7 Å². The molecule has 0 spiro atoms. The molecule has 2 aromatic carbocycles. The zero-order valence-electron chi connectivity index (χ0n) is 15.9. The van der Waals surface area contributed by atoms with Gasteiger partial charge in [-0.15, -0.1) is 0 Å². The Morgan fingerprint density at radius 2 is 1.87 bits per heavy atom. The lowest BCUT2D eigenvalue weighted by molar-refractivity contribution is -0.118. The highest BCUT2D eigenvalue weighted by molar-refractivity contribution is 7.99. The Bertz CT molecular complexity index is 1180. The van der Waals surface area contributed by atoms with E-state index < -0.39 is 0 Å². The topological polar surface area (TPSA) is 72.2 Å². The van der Waals surface area contributed by atoms with Crippen molar-refractivity contribution in [2.45, 2.75) is 11.7 Å². The average molecular weight is 436 g/mol. The van der Waals surface area contributed by atoms with Crippen LogP contribution in [-0.4, -0.2) is 32.4 Å². The fourth-order valence-corrected chi connectivity index (χ4v) is 3.81. The third-order valence-electron chi connectivity index (χ3n) is 4.31. The number of pyridine rings is 1. The third kappa shape index (κ3) is 5.06. The standard InChI is InChI=1S/C22H18ClN5OS/c23-18-7-5-17(6-8-18)14-28-20-4-2-1-3-19(20)26-22(28)30-15-21(29)27-25-13-16-9-11-24-12-10-16/h1-13H,14-15H2,(H,27,29)/b25-13+. The molecule has 0 radical (unpaired) electrons. The molecule has 0 saturated carbocycles. The maximum absolute atomic E-state index is 12.2. The second-order valence-corrected chi connectivity index (χ2v) is 7.84. The van der Waals surface area contributed by atoms with E-state index in [0.717, 1.165) is 27.3 Å². The Morgan fingerprint density at radius 3 is 2.67 bits per heavy atom. The predicted molar refractivity (Wildman–Crippen MR) is 121 cm³/mol. The predicted octanol–water partition coefficient (Wildman–Crippen LogP) is 4.38. The first-order valence-corrected chi connectivity index (χ1v) is 10.6. The minimum Gasteiger partial charge on any atom is -0.314 e. The van der Waals surface area contributed by atoms with E-state index in [1.807, 2.05) is 60.7 Å². The van der Waals surface area contributed by atoms with Crippen LogP contribution in [0.2, 0.25) is 5.02 Å². The summed E-state index contributed by atoms with van der Waals surface area (Å²) in [5, 5.41) is 5.47. The first kappa shape index (κ1) is 20.1. The van der Waals surface area contributed by atoms with Crippen LogP contribution in [0.4, 0.5) is 0 Å². The minimum absolute atomic E-state index is 0.199. The number of imidazole rings is 1. The molecule has 0 atom stereocenters. The van der Waals surface area contributed by atoms with Crippen molar-refractivity contribution in [3.63, 3.8) is 0 Å². The van der Waals surface area contributed by atoms with Gasteiger partial charge in [0.1, 0.15) is 0 Å². The number of thioether (sulfide) groups is 1. The van der Waals surface area contributed by atoms with Gasteiger partial charge in [0.2, 0.25) is 0 Å². The molecule has 0 unspecified atom stereocenters. The number of hydrazone groups is 1. The molecule has 0 aliphatic heterocycles. The lowest BCUT2D eigenvalue weighted by atomic mass is 10.2. The second-order valence-electron chi connectivity index (χ2n) is 6.46. The van der Waals surface area contributed by atoms with Gasteiger partial charge in [-0.2, -0.15) is 5.10 Å². The van der Waals surface area contributed by atoms with Gasteiger partial charge in [-0.1, -0.05) is 47.6 Å². The summed E-state index contributed by atoms with van der Waals surface area (Å²) in [7, 11) is 0. The molecular formula is C22H18ClN5OS. The van der Waals surface area contributed by atoms with E-state index in [1.54, 1.807) is 18.6 Å². The number of aromatic nitrogens is 3. The molecule has 0 saturated heterocycles. The van der Waals surface area contributed by atoms with Crippen molar-refractivity contribution in [3.8, 4) is 0 Å². The number of hydrogen-bond acceptors (Lipinski definition) is 5. The summed E-state index contributed by atoms with van der Waals surface area (Å²) in [6.07, 6.45) is 4.93. The van der Waals surface area contributed by atoms with Crippen LogP contribution in [0, 0.1) is 0 Å². The molecule has 8 heteroatoms. The van der Waals surface area contributed by atoms with Gasteiger partial charge in [-0.3, -0.25) is 9.78 Å². The van der Waals surface area contributed by atoms with E-state index in [0.29, 0.717) is 11.6 Å². The van der Waals surface area contributed by atoms with Crippen molar-refractivity contribution in [2.24, 2.45) is 5.10 Å². The molecule has 4 aromatic rings. The Kier molecular flexibility index (Phi) is 6.41. The number of carbonyl (C=O) groups is 1. The van der Waals surface area contributed by atoms with Crippen LogP contribution in [-0.2, 0) is 11.3 Å². The van der Waals surface area contributed by atoms with Crippen molar-refractivity contribution in [2.75, 3.05) is 5.75 Å². The largest absolute Gasteiger partial charge is 0.314 e. The number of amides is 1. The smallest absolute Gasteiger partial charge is 0.250 e. The van der Waals surface area contributed by atoms with E-state index in [4.69, 9.17) is 16.6 Å². The molecule has 2 aromatic heterocycles. The van der Waals surface area contributed by atoms with Crippen LogP contribution < -0.4 is 5.43 Å². The van der Waals surface area contributed by atoms with Crippen molar-refractivity contribution in [1.82, 2.24) is 20.0 Å². The van der Waals surface area contributed by atoms with Crippen LogP contribution >= 0.6 is 23.4 Å². The summed E-state index contributed by atoms with van der Waals surface area (Å²) in [5.74, 6) is 0.00728. The lowest BCUT2D eigenvalue weighted by Gasteiger charge is -2.09. The molecular weight excluding hydrogens is 418 g/mol. The van der Waals surface area contributed by atoms with E-state index >= 15 is 0 Å². The fraction of sp³-hybridized carbons (Fsp3) is 0.0909. The van der Waals surface area contributed by atoms with Crippen LogP contribution in [0.3, 0.4) is 0 Å². The summed E-state index contributed by atoms with van der Waals surface area (Å²) < 4.78 is 2.11. The number of halogens is 1. The number of benzene rings is 2. The summed E-state index contributed by atoms with van der Waals surface area (Å²) >= 11 is 7.38. The second kappa shape index (κ2) is 9.56. The van der Waals surface area contributed by atoms with Gasteiger partial charge in [-0.05, 0) is 47.5 Å². The Hall–Kier alpha value is -3.16. The summed E-state index contributed by atoms with van der Waals surface area (Å²) in [6.45, 7) is 0.641. The Balaban J connectivity index is 1.46. The van der Waals surface area contributed by atoms with Gasteiger partial charge in [0.25, 0.3) is 5.91 Å². The number of fused-ring (bicyclic) bond motifs is 1. The Labute approximate surface area is 183 Å². The number of carbonyl (C=O) groups excluding carboxylic acids is 1. The number of nitrogens with one attached hydrogen (secondary N) is 1. The first-order valence-electron chi connectivity index (χ1n) is 9.23.